The van der Waals surface area contributed by atoms with E-state index in [0.29, 0.717) is 4.57 Å². The quantitative estimate of drug-likeness (QED) is 0.201. The Morgan fingerprint density at radius 1 is 1.08 bits per heavy atom. The molecule has 2 heterocycles. The van der Waals surface area contributed by atoms with Gasteiger partial charge in [-0.3, -0.25) is 28.5 Å². The van der Waals surface area contributed by atoms with Crippen molar-refractivity contribution >= 4 is 19.8 Å². The summed E-state index contributed by atoms with van der Waals surface area (Å²) in [5.74, 6) is -4.82. The van der Waals surface area contributed by atoms with E-state index in [4.69, 9.17) is 27.8 Å². The fraction of sp³-hybridized carbons (Fsp3) is 0.727. The summed E-state index contributed by atoms with van der Waals surface area (Å²) in [4.78, 5) is 49.4. The van der Waals surface area contributed by atoms with Gasteiger partial charge >= 0.3 is 25.5 Å². The van der Waals surface area contributed by atoms with Crippen molar-refractivity contribution in [1.82, 2.24) is 9.55 Å². The van der Waals surface area contributed by atoms with E-state index in [0.717, 1.165) is 19.2 Å². The minimum absolute atomic E-state index is 0.621. The van der Waals surface area contributed by atoms with E-state index in [9.17, 15) is 34.0 Å². The van der Waals surface area contributed by atoms with Crippen LogP contribution in [0.4, 0.5) is 4.39 Å². The van der Waals surface area contributed by atoms with E-state index in [1.54, 1.807) is 0 Å². The third-order valence-corrected chi connectivity index (χ3v) is 6.61. The number of hydrogen-bond donors (Lipinski definition) is 3. The van der Waals surface area contributed by atoms with E-state index in [2.05, 4.69) is 0 Å². The molecule has 0 bridgehead atoms. The number of nitrogens with one attached hydrogen (secondary N) is 1. The number of H-pyrrole nitrogens is 1. The topological polar surface area (TPSA) is 202 Å². The summed E-state index contributed by atoms with van der Waals surface area (Å²) >= 11 is 0. The summed E-state index contributed by atoms with van der Waals surface area (Å²) in [6.07, 6.45) is -3.35. The lowest BCUT2D eigenvalue weighted by Gasteiger charge is -2.28. The first-order chi connectivity index (χ1) is 17.6. The van der Waals surface area contributed by atoms with E-state index >= 15 is 4.39 Å². The molecule has 0 amide bonds. The summed E-state index contributed by atoms with van der Waals surface area (Å²) < 4.78 is 59.1. The number of ether oxygens (including phenoxy) is 3. The number of esters is 2. The van der Waals surface area contributed by atoms with Crippen molar-refractivity contribution in [1.29, 1.82) is 0 Å². The Bertz CT molecular complexity index is 1180. The van der Waals surface area contributed by atoms with Gasteiger partial charge in [0.25, 0.3) is 11.4 Å². The highest BCUT2D eigenvalue weighted by atomic mass is 31.2. The van der Waals surface area contributed by atoms with E-state index in [-0.39, 0.29) is 0 Å². The third kappa shape index (κ3) is 8.03. The number of phosphoric ester groups is 1. The average Bonchev–Trinajstić information content (AvgIpc) is 2.97. The summed E-state index contributed by atoms with van der Waals surface area (Å²) in [6, 6.07) is 0.898. The fourth-order valence-corrected chi connectivity index (χ4v) is 3.93. The summed E-state index contributed by atoms with van der Waals surface area (Å²) in [7, 11) is -4.89. The van der Waals surface area contributed by atoms with E-state index < -0.39 is 85.8 Å². The second-order valence-corrected chi connectivity index (χ2v) is 12.6. The van der Waals surface area contributed by atoms with Gasteiger partial charge in [-0.1, -0.05) is 0 Å². The maximum Gasteiger partial charge on any atom is 0.480 e. The highest BCUT2D eigenvalue weighted by Gasteiger charge is 2.63. The van der Waals surface area contributed by atoms with Crippen molar-refractivity contribution in [3.05, 3.63) is 33.1 Å². The maximum absolute atomic E-state index is 15.7. The van der Waals surface area contributed by atoms with Gasteiger partial charge in [-0.05, 0) is 48.5 Å². The normalized spacial score (nSPS) is 25.9. The molecule has 1 aromatic heterocycles. The lowest BCUT2D eigenvalue weighted by molar-refractivity contribution is -0.207. The molecule has 4 atom stereocenters. The Labute approximate surface area is 222 Å². The molecule has 0 aromatic carbocycles. The smallest absolute Gasteiger partial charge is 0.437 e. The van der Waals surface area contributed by atoms with Crippen LogP contribution in [0.2, 0.25) is 0 Å². The number of carbonyl (C=O) groups excluding carboxylic acids is 2. The van der Waals surface area contributed by atoms with Crippen LogP contribution in [0, 0.1) is 10.8 Å². The number of rotatable bonds is 10. The number of hydrogen-bond acceptors (Lipinski definition) is 13. The Balaban J connectivity index is 2.22. The van der Waals surface area contributed by atoms with Crippen LogP contribution in [0.3, 0.4) is 0 Å². The first-order valence-electron chi connectivity index (χ1n) is 11.6. The molecule has 1 aliphatic rings. The molecule has 0 aliphatic carbocycles. The Kier molecular flexibility index (Phi) is 9.71. The molecular formula is C22H34FN2O13P. The molecule has 222 valence electrons. The van der Waals surface area contributed by atoms with Crippen LogP contribution in [0.25, 0.3) is 0 Å². The van der Waals surface area contributed by atoms with Crippen LogP contribution in [-0.2, 0) is 41.9 Å². The standard InChI is InChI=1S/C22H34FN2O13P/c1-19(2,3)16(28)33-11-36-39(32,37-12-34-17(29)20(4,5)6)35-10-22(23)14(27)21(7,31)15(38-22)25-9-8-13(26)24-18(25)30/h8-9,14-15,27,31H,10-12H2,1-7H3,(H,24,26,30)/t14-,15+,21+,22+/m0/s1. The number of nitrogens with zero attached hydrogens (tertiary/aromatic N) is 1. The van der Waals surface area contributed by atoms with E-state index in [1.165, 1.54) is 41.5 Å². The first kappa shape index (κ1) is 32.8. The van der Waals surface area contributed by atoms with Gasteiger partial charge in [0.2, 0.25) is 13.6 Å². The predicted octanol–water partition coefficient (Wildman–Crippen LogP) is 1.09. The lowest BCUT2D eigenvalue weighted by Crippen LogP contribution is -2.50. The molecule has 1 aliphatic heterocycles. The van der Waals surface area contributed by atoms with Crippen LogP contribution in [0.15, 0.2) is 21.9 Å². The van der Waals surface area contributed by atoms with Crippen LogP contribution in [0.5, 0.6) is 0 Å². The molecule has 15 nitrogen and oxygen atoms in total. The zero-order chi connectivity index (χ0) is 30.0. The molecule has 1 fully saturated rings. The van der Waals surface area contributed by atoms with Gasteiger partial charge in [-0.2, -0.15) is 0 Å². The molecule has 0 unspecified atom stereocenters. The number of aromatic amines is 1. The molecule has 2 rings (SSSR count). The summed E-state index contributed by atoms with van der Waals surface area (Å²) in [5, 5.41) is 21.2. The summed E-state index contributed by atoms with van der Waals surface area (Å²) in [6.45, 7) is 6.82. The zero-order valence-corrected chi connectivity index (χ0v) is 23.5. The second kappa shape index (κ2) is 11.6. The predicted molar refractivity (Wildman–Crippen MR) is 128 cm³/mol. The van der Waals surface area contributed by atoms with Gasteiger partial charge in [0.05, 0.1) is 10.8 Å². The fourth-order valence-electron chi connectivity index (χ4n) is 3.00. The molecule has 17 heteroatoms. The van der Waals surface area contributed by atoms with Gasteiger partial charge in [0.15, 0.2) is 6.23 Å². The molecule has 1 aromatic rings. The SMILES string of the molecule is CC(C)(C)C(=O)OCOP(=O)(OCOC(=O)C(C)(C)C)OC[C@@]1(F)O[C@@H](n2ccc(=O)[nH]c2=O)[C@](C)(O)[C@@H]1O. The second-order valence-electron chi connectivity index (χ2n) is 11.0. The molecule has 0 radical (unpaired) electrons. The van der Waals surface area contributed by atoms with Crippen LogP contribution in [-0.4, -0.2) is 69.5 Å². The number of aliphatic hydroxyl groups excluding tert-OH is 1. The maximum atomic E-state index is 15.7. The number of alkyl halides is 1. The number of aromatic nitrogens is 2. The largest absolute Gasteiger partial charge is 0.480 e. The monoisotopic (exact) mass is 584 g/mol. The van der Waals surface area contributed by atoms with Crippen molar-refractivity contribution in [3.63, 3.8) is 0 Å². The molecule has 1 saturated heterocycles. The van der Waals surface area contributed by atoms with Crippen molar-refractivity contribution < 1.29 is 56.5 Å². The van der Waals surface area contributed by atoms with Gasteiger partial charge in [0, 0.05) is 12.3 Å². The van der Waals surface area contributed by atoms with Gasteiger partial charge < -0.3 is 24.4 Å². The van der Waals surface area contributed by atoms with Crippen molar-refractivity contribution in [2.24, 2.45) is 10.8 Å². The van der Waals surface area contributed by atoms with Crippen LogP contribution in [0.1, 0.15) is 54.7 Å². The first-order valence-corrected chi connectivity index (χ1v) is 13.1. The number of halogens is 1. The third-order valence-electron chi connectivity index (χ3n) is 5.32. The molecule has 3 N–H and O–H groups in total. The number of phosphoric acid groups is 1. The Morgan fingerprint density at radius 2 is 1.56 bits per heavy atom. The lowest BCUT2D eigenvalue weighted by atomic mass is 9.95. The van der Waals surface area contributed by atoms with Crippen molar-refractivity contribution in [2.75, 3.05) is 20.2 Å². The molecule has 39 heavy (non-hydrogen) atoms. The molecule has 0 spiro atoms. The minimum Gasteiger partial charge on any atom is -0.437 e. The zero-order valence-electron chi connectivity index (χ0n) is 22.6. The van der Waals surface area contributed by atoms with Crippen LogP contribution < -0.4 is 11.2 Å². The summed E-state index contributed by atoms with van der Waals surface area (Å²) in [5.41, 5.74) is -6.23. The number of carbonyl (C=O) groups is 2. The van der Waals surface area contributed by atoms with Gasteiger partial charge in [-0.15, -0.1) is 0 Å². The number of aliphatic hydroxyl groups is 2. The van der Waals surface area contributed by atoms with Gasteiger partial charge in [-0.25, -0.2) is 22.8 Å². The highest BCUT2D eigenvalue weighted by Crippen LogP contribution is 2.53. The molecule has 0 saturated carbocycles. The highest BCUT2D eigenvalue weighted by molar-refractivity contribution is 7.48. The van der Waals surface area contributed by atoms with Gasteiger partial charge in [0.1, 0.15) is 18.3 Å². The Hall–Kier alpha value is -2.46. The Morgan fingerprint density at radius 3 is 2.00 bits per heavy atom. The van der Waals surface area contributed by atoms with E-state index in [1.807, 2.05) is 4.98 Å². The average molecular weight is 584 g/mol. The van der Waals surface area contributed by atoms with Crippen molar-refractivity contribution in [3.8, 4) is 0 Å². The van der Waals surface area contributed by atoms with Crippen molar-refractivity contribution in [2.45, 2.75) is 72.3 Å². The minimum atomic E-state index is -4.89. The molecular weight excluding hydrogens is 550 g/mol. The van der Waals surface area contributed by atoms with Crippen LogP contribution >= 0.6 is 7.82 Å².